The van der Waals surface area contributed by atoms with Gasteiger partial charge in [-0.25, -0.2) is 4.79 Å². The van der Waals surface area contributed by atoms with E-state index in [-0.39, 0.29) is 5.56 Å². The summed E-state index contributed by atoms with van der Waals surface area (Å²) in [4.78, 5) is 16.4. The number of nitrogens with zero attached hydrogens (tertiary/aromatic N) is 2. The number of nitrogen functional groups attached to an aromatic ring is 1. The SMILES string of the molecule is Cc1ccc(CCc2ccccc2)cc1N.Cc1ccc(CCc2ccccc2)cc1Nc1ccc(N2CCOCC2)cc1.O=C(O)c1ccc(CCc2ccccc2)cc1Nc1ccc(N2CCOCC2)cc1. The Bertz CT molecular complexity index is 2960. The maximum atomic E-state index is 11.7. The molecule has 5 N–H and O–H groups in total. The fourth-order valence-corrected chi connectivity index (χ4v) is 9.11. The predicted molar refractivity (Wildman–Crippen MR) is 307 cm³/mol. The van der Waals surface area contributed by atoms with Crippen LogP contribution in [-0.4, -0.2) is 63.7 Å². The minimum absolute atomic E-state index is 0.274. The summed E-state index contributed by atoms with van der Waals surface area (Å²) in [6.07, 6.45) is 6.01. The second-order valence-corrected chi connectivity index (χ2v) is 19.0. The third kappa shape index (κ3) is 16.1. The van der Waals surface area contributed by atoms with Crippen LogP contribution >= 0.6 is 0 Å². The third-order valence-corrected chi connectivity index (χ3v) is 13.6. The molecule has 380 valence electrons. The molecule has 0 amide bonds. The molecule has 2 fully saturated rings. The molecule has 2 aliphatic heterocycles. The smallest absolute Gasteiger partial charge is 0.337 e. The number of aromatic carboxylic acids is 1. The van der Waals surface area contributed by atoms with Crippen molar-refractivity contribution in [1.29, 1.82) is 0 Å². The Hall–Kier alpha value is -7.85. The monoisotopic (exact) mass is 986 g/mol. The number of hydrogen-bond acceptors (Lipinski definition) is 8. The lowest BCUT2D eigenvalue weighted by atomic mass is 10.0. The molecule has 0 saturated carbocycles. The van der Waals surface area contributed by atoms with Crippen LogP contribution < -0.4 is 26.2 Å². The molecule has 0 atom stereocenters. The fourth-order valence-electron chi connectivity index (χ4n) is 9.11. The van der Waals surface area contributed by atoms with E-state index in [2.05, 4.69) is 167 Å². The fraction of sp³-hybridized carbons (Fsp3) is 0.246. The lowest BCUT2D eigenvalue weighted by Gasteiger charge is -2.29. The Kier molecular flexibility index (Phi) is 19.3. The number of anilines is 7. The maximum Gasteiger partial charge on any atom is 0.337 e. The minimum Gasteiger partial charge on any atom is -0.478 e. The van der Waals surface area contributed by atoms with Crippen molar-refractivity contribution in [2.75, 3.05) is 78.8 Å². The molecule has 8 aromatic rings. The van der Waals surface area contributed by atoms with Crippen LogP contribution in [0.4, 0.5) is 39.8 Å². The van der Waals surface area contributed by atoms with Gasteiger partial charge in [-0.05, 0) is 170 Å². The minimum atomic E-state index is -0.933. The van der Waals surface area contributed by atoms with Gasteiger partial charge in [0.15, 0.2) is 0 Å². The van der Waals surface area contributed by atoms with Gasteiger partial charge in [-0.1, -0.05) is 121 Å². The van der Waals surface area contributed by atoms with Gasteiger partial charge in [0, 0.05) is 60.3 Å². The van der Waals surface area contributed by atoms with Gasteiger partial charge in [0.1, 0.15) is 0 Å². The first kappa shape index (κ1) is 52.5. The van der Waals surface area contributed by atoms with Crippen molar-refractivity contribution in [3.05, 3.63) is 244 Å². The molecule has 0 bridgehead atoms. The number of hydrogen-bond donors (Lipinski definition) is 4. The number of aryl methyl sites for hydroxylation is 8. The number of carboxylic acids is 1. The zero-order valence-electron chi connectivity index (χ0n) is 43.0. The summed E-state index contributed by atoms with van der Waals surface area (Å²) < 4.78 is 10.9. The molecule has 2 saturated heterocycles. The molecule has 10 rings (SSSR count). The highest BCUT2D eigenvalue weighted by Gasteiger charge is 2.15. The zero-order chi connectivity index (χ0) is 51.3. The third-order valence-electron chi connectivity index (χ3n) is 13.6. The number of nitrogens with one attached hydrogen (secondary N) is 2. The summed E-state index contributed by atoms with van der Waals surface area (Å²) in [5.41, 5.74) is 23.5. The molecule has 9 nitrogen and oxygen atoms in total. The molecule has 9 heteroatoms. The van der Waals surface area contributed by atoms with E-state index < -0.39 is 5.97 Å². The Balaban J connectivity index is 0.000000155. The van der Waals surface area contributed by atoms with E-state index >= 15 is 0 Å². The van der Waals surface area contributed by atoms with Gasteiger partial charge in [0.05, 0.1) is 37.7 Å². The molecule has 8 aromatic carbocycles. The van der Waals surface area contributed by atoms with Crippen LogP contribution in [0.5, 0.6) is 0 Å². The molecule has 0 radical (unpaired) electrons. The van der Waals surface area contributed by atoms with Gasteiger partial charge in [0.25, 0.3) is 0 Å². The Morgan fingerprint density at radius 2 is 0.811 bits per heavy atom. The summed E-state index contributed by atoms with van der Waals surface area (Å²) in [5, 5.41) is 16.5. The molecular weight excluding hydrogens is 915 g/mol. The van der Waals surface area contributed by atoms with Crippen molar-refractivity contribution in [2.45, 2.75) is 52.4 Å². The quantitative estimate of drug-likeness (QED) is 0.0703. The molecular formula is C65H71N5O4. The van der Waals surface area contributed by atoms with E-state index in [1.165, 1.54) is 44.8 Å². The highest BCUT2D eigenvalue weighted by molar-refractivity contribution is 5.95. The number of nitrogens with two attached hydrogens (primary N) is 1. The van der Waals surface area contributed by atoms with Crippen LogP contribution in [0.25, 0.3) is 0 Å². The van der Waals surface area contributed by atoms with Crippen molar-refractivity contribution >= 4 is 45.8 Å². The second kappa shape index (κ2) is 27.3. The lowest BCUT2D eigenvalue weighted by molar-refractivity contribution is 0.0698. The van der Waals surface area contributed by atoms with Gasteiger partial charge in [-0.15, -0.1) is 0 Å². The number of carbonyl (C=O) groups is 1. The maximum absolute atomic E-state index is 11.7. The van der Waals surface area contributed by atoms with Crippen molar-refractivity contribution in [3.63, 3.8) is 0 Å². The number of ether oxygens (including phenoxy) is 2. The molecule has 2 heterocycles. The summed E-state index contributed by atoms with van der Waals surface area (Å²) in [6, 6.07) is 67.0. The Morgan fingerprint density at radius 3 is 1.23 bits per heavy atom. The van der Waals surface area contributed by atoms with Crippen LogP contribution in [0.2, 0.25) is 0 Å². The van der Waals surface area contributed by atoms with Gasteiger partial charge < -0.3 is 40.7 Å². The average Bonchev–Trinajstić information content (AvgIpc) is 3.45. The van der Waals surface area contributed by atoms with Crippen molar-refractivity contribution in [1.82, 2.24) is 0 Å². The van der Waals surface area contributed by atoms with E-state index in [1.54, 1.807) is 6.07 Å². The molecule has 0 unspecified atom stereocenters. The Morgan fingerprint density at radius 1 is 0.446 bits per heavy atom. The van der Waals surface area contributed by atoms with Crippen LogP contribution in [-0.2, 0) is 48.0 Å². The van der Waals surface area contributed by atoms with Crippen LogP contribution in [0.1, 0.15) is 54.9 Å². The zero-order valence-corrected chi connectivity index (χ0v) is 43.0. The molecule has 2 aliphatic rings. The highest BCUT2D eigenvalue weighted by atomic mass is 16.5. The van der Waals surface area contributed by atoms with Crippen LogP contribution in [0, 0.1) is 13.8 Å². The van der Waals surface area contributed by atoms with Crippen LogP contribution in [0.15, 0.2) is 194 Å². The number of morpholine rings is 2. The van der Waals surface area contributed by atoms with E-state index in [0.29, 0.717) is 5.69 Å². The first-order valence-electron chi connectivity index (χ1n) is 26.0. The van der Waals surface area contributed by atoms with Crippen molar-refractivity contribution < 1.29 is 19.4 Å². The predicted octanol–water partition coefficient (Wildman–Crippen LogP) is 13.5. The van der Waals surface area contributed by atoms with Crippen molar-refractivity contribution in [2.24, 2.45) is 0 Å². The summed E-state index contributed by atoms with van der Waals surface area (Å²) in [6.45, 7) is 11.0. The average molecular weight is 986 g/mol. The van der Waals surface area contributed by atoms with Crippen LogP contribution in [0.3, 0.4) is 0 Å². The summed E-state index contributed by atoms with van der Waals surface area (Å²) >= 11 is 0. The van der Waals surface area contributed by atoms with Gasteiger partial charge >= 0.3 is 5.97 Å². The van der Waals surface area contributed by atoms with E-state index in [0.717, 1.165) is 125 Å². The van der Waals surface area contributed by atoms with Crippen molar-refractivity contribution in [3.8, 4) is 0 Å². The normalized spacial score (nSPS) is 13.2. The Labute approximate surface area is 438 Å². The van der Waals surface area contributed by atoms with E-state index in [1.807, 2.05) is 55.5 Å². The number of carboxylic acid groups (broad SMARTS) is 1. The largest absolute Gasteiger partial charge is 0.478 e. The molecule has 0 aliphatic carbocycles. The highest BCUT2D eigenvalue weighted by Crippen LogP contribution is 2.28. The van der Waals surface area contributed by atoms with Gasteiger partial charge in [0.2, 0.25) is 0 Å². The van der Waals surface area contributed by atoms with Gasteiger partial charge in [-0.2, -0.15) is 0 Å². The number of rotatable bonds is 16. The summed E-state index contributed by atoms with van der Waals surface area (Å²) in [7, 11) is 0. The molecule has 0 spiro atoms. The van der Waals surface area contributed by atoms with E-state index in [9.17, 15) is 9.90 Å². The molecule has 0 aromatic heterocycles. The standard InChI is InChI=1S/C25H26N2O3.C25H28N2O.C15H17N/c28-25(29)23-13-8-20(7-6-19-4-2-1-3-5-19)18-24(23)26-21-9-11-22(12-10-21)27-14-16-30-17-15-27;1-20-7-8-22(10-9-21-5-3-2-4-6-21)19-25(20)26-23-11-13-24(14-12-23)27-15-17-28-18-16-27;1-12-7-8-14(11-15(12)16)10-9-13-5-3-2-4-6-13/h1-5,8-13,18,26H,6-7,14-17H2,(H,28,29);2-8,11-14,19,26H,9-10,15-18H2,1H3;2-8,11H,9-10,16H2,1H3. The summed E-state index contributed by atoms with van der Waals surface area (Å²) in [5.74, 6) is -0.933. The van der Waals surface area contributed by atoms with Gasteiger partial charge in [-0.3, -0.25) is 0 Å². The first-order valence-corrected chi connectivity index (χ1v) is 26.0. The van der Waals surface area contributed by atoms with E-state index in [4.69, 9.17) is 15.2 Å². The lowest BCUT2D eigenvalue weighted by Crippen LogP contribution is -2.36. The topological polar surface area (TPSA) is 112 Å². The second-order valence-electron chi connectivity index (χ2n) is 19.0. The molecule has 74 heavy (non-hydrogen) atoms. The number of benzene rings is 8. The first-order chi connectivity index (χ1) is 36.2.